The quantitative estimate of drug-likeness (QED) is 0.272. The summed E-state index contributed by atoms with van der Waals surface area (Å²) in [7, 11) is 1.51. The summed E-state index contributed by atoms with van der Waals surface area (Å²) in [5, 5.41) is 13.6. The molecule has 0 bridgehead atoms. The van der Waals surface area contributed by atoms with Gasteiger partial charge in [-0.05, 0) is 90.3 Å². The topological polar surface area (TPSA) is 150 Å². The Bertz CT molecular complexity index is 2030. The van der Waals surface area contributed by atoms with Crippen molar-refractivity contribution in [1.29, 1.82) is 5.26 Å². The molecule has 14 heteroatoms. The third kappa shape index (κ3) is 7.89. The highest BCUT2D eigenvalue weighted by molar-refractivity contribution is 6.34. The Labute approximate surface area is 321 Å². The Hall–Kier alpha value is -5.09. The second kappa shape index (κ2) is 14.0. The molecule has 3 amide bonds. The van der Waals surface area contributed by atoms with Gasteiger partial charge in [0.1, 0.15) is 23.0 Å². The summed E-state index contributed by atoms with van der Waals surface area (Å²) in [6.07, 6.45) is 2.38. The Morgan fingerprint density at radius 1 is 0.926 bits per heavy atom. The number of halogens is 1. The number of aromatic nitrogens is 2. The number of nitrogens with one attached hydrogen (secondary N) is 1. The predicted molar refractivity (Wildman–Crippen MR) is 205 cm³/mol. The van der Waals surface area contributed by atoms with Crippen molar-refractivity contribution in [1.82, 2.24) is 19.8 Å². The van der Waals surface area contributed by atoms with Gasteiger partial charge in [-0.3, -0.25) is 9.69 Å². The number of amides is 3. The molecule has 1 N–H and O–H groups in total. The summed E-state index contributed by atoms with van der Waals surface area (Å²) < 4.78 is 16.9. The number of benzene rings is 2. The second-order valence-corrected chi connectivity index (χ2v) is 17.4. The summed E-state index contributed by atoms with van der Waals surface area (Å²) >= 11 is 6.73. The van der Waals surface area contributed by atoms with Crippen molar-refractivity contribution in [2.75, 3.05) is 50.1 Å². The van der Waals surface area contributed by atoms with Crippen LogP contribution >= 0.6 is 11.6 Å². The average Bonchev–Trinajstić information content (AvgIpc) is 3.35. The van der Waals surface area contributed by atoms with E-state index in [9.17, 15) is 19.6 Å². The number of rotatable bonds is 5. The van der Waals surface area contributed by atoms with Crippen LogP contribution < -0.4 is 15.0 Å². The molecule has 3 aromatic rings. The number of carbonyl (C=O) groups is 3. The van der Waals surface area contributed by atoms with Gasteiger partial charge in [0.25, 0.3) is 5.91 Å². The van der Waals surface area contributed by atoms with Crippen LogP contribution in [0, 0.1) is 16.7 Å². The fourth-order valence-electron chi connectivity index (χ4n) is 7.27. The van der Waals surface area contributed by atoms with E-state index in [1.807, 2.05) is 61.5 Å². The lowest BCUT2D eigenvalue weighted by atomic mass is 9.72. The molecule has 1 spiro atoms. The number of likely N-dealkylation sites (tertiary alicyclic amines) is 2. The summed E-state index contributed by atoms with van der Waals surface area (Å²) in [6, 6.07) is 10.9. The lowest BCUT2D eigenvalue weighted by Gasteiger charge is -2.53. The predicted octanol–water partition coefficient (Wildman–Crippen LogP) is 7.93. The van der Waals surface area contributed by atoms with Crippen molar-refractivity contribution in [2.24, 2.45) is 5.41 Å². The lowest BCUT2D eigenvalue weighted by Crippen LogP contribution is -2.62. The molecular weight excluding hydrogens is 710 g/mol. The minimum absolute atomic E-state index is 0.0331. The van der Waals surface area contributed by atoms with E-state index < -0.39 is 22.7 Å². The average molecular weight is 758 g/mol. The van der Waals surface area contributed by atoms with Gasteiger partial charge in [0.2, 0.25) is 5.95 Å². The van der Waals surface area contributed by atoms with E-state index in [0.717, 1.165) is 18.4 Å². The molecule has 0 aliphatic carbocycles. The molecule has 4 heterocycles. The van der Waals surface area contributed by atoms with Crippen LogP contribution in [-0.4, -0.2) is 88.9 Å². The zero-order valence-electron chi connectivity index (χ0n) is 32.4. The van der Waals surface area contributed by atoms with Crippen LogP contribution in [0.3, 0.4) is 0 Å². The highest BCUT2D eigenvalue weighted by Gasteiger charge is 2.48. The zero-order chi connectivity index (χ0) is 39.4. The van der Waals surface area contributed by atoms with Crippen molar-refractivity contribution in [3.8, 4) is 23.1 Å². The first-order valence-corrected chi connectivity index (χ1v) is 18.4. The van der Waals surface area contributed by atoms with Gasteiger partial charge in [0.15, 0.2) is 0 Å². The minimum Gasteiger partial charge on any atom is -0.495 e. The maximum Gasteiger partial charge on any atom is 0.414 e. The van der Waals surface area contributed by atoms with Crippen LogP contribution in [0.4, 0.5) is 26.9 Å². The zero-order valence-corrected chi connectivity index (χ0v) is 33.2. The molecule has 3 aliphatic rings. The molecule has 54 heavy (non-hydrogen) atoms. The number of hydrogen-bond donors (Lipinski definition) is 1. The number of piperidine rings is 1. The second-order valence-electron chi connectivity index (χ2n) is 17.0. The van der Waals surface area contributed by atoms with Gasteiger partial charge in [0, 0.05) is 55.3 Å². The largest absolute Gasteiger partial charge is 0.495 e. The van der Waals surface area contributed by atoms with Crippen molar-refractivity contribution in [3.63, 3.8) is 0 Å². The number of nitrogens with zero attached hydrogens (tertiary/aromatic N) is 6. The van der Waals surface area contributed by atoms with Crippen LogP contribution in [0.25, 0.3) is 11.3 Å². The van der Waals surface area contributed by atoms with E-state index in [-0.39, 0.29) is 28.4 Å². The Morgan fingerprint density at radius 2 is 1.57 bits per heavy atom. The van der Waals surface area contributed by atoms with Crippen LogP contribution in [0.1, 0.15) is 89.7 Å². The molecule has 3 aliphatic heterocycles. The highest BCUT2D eigenvalue weighted by Crippen LogP contribution is 2.46. The molecule has 0 radical (unpaired) electrons. The molecule has 0 saturated carbocycles. The number of carbonyl (C=O) groups excluding carboxylic acids is 3. The first-order valence-electron chi connectivity index (χ1n) is 18.1. The molecule has 1 aromatic heterocycles. The molecule has 2 aromatic carbocycles. The van der Waals surface area contributed by atoms with Crippen molar-refractivity contribution in [2.45, 2.75) is 84.8 Å². The summed E-state index contributed by atoms with van der Waals surface area (Å²) in [5.41, 5.74) is 2.01. The van der Waals surface area contributed by atoms with Crippen molar-refractivity contribution >= 4 is 47.0 Å². The smallest absolute Gasteiger partial charge is 0.414 e. The van der Waals surface area contributed by atoms with Gasteiger partial charge in [-0.25, -0.2) is 19.6 Å². The van der Waals surface area contributed by atoms with Gasteiger partial charge < -0.3 is 29.3 Å². The maximum absolute atomic E-state index is 13.6. The Morgan fingerprint density at radius 3 is 2.19 bits per heavy atom. The number of anilines is 3. The fourth-order valence-corrected chi connectivity index (χ4v) is 7.52. The van der Waals surface area contributed by atoms with Gasteiger partial charge in [0.05, 0.1) is 40.3 Å². The summed E-state index contributed by atoms with van der Waals surface area (Å²) in [6.45, 7) is 17.7. The molecule has 286 valence electrons. The number of fused-ring (bicyclic) bond motifs is 1. The number of nitriles is 1. The van der Waals surface area contributed by atoms with Crippen LogP contribution in [0.5, 0.6) is 5.75 Å². The van der Waals surface area contributed by atoms with Crippen LogP contribution in [0.15, 0.2) is 36.5 Å². The third-order valence-corrected chi connectivity index (χ3v) is 10.2. The molecule has 13 nitrogen and oxygen atoms in total. The normalized spacial score (nSPS) is 17.3. The first-order chi connectivity index (χ1) is 25.2. The van der Waals surface area contributed by atoms with Gasteiger partial charge in [-0.1, -0.05) is 25.4 Å². The number of methoxy groups -OCH3 is 1. The lowest BCUT2D eigenvalue weighted by molar-refractivity contribution is -0.0394. The number of ether oxygens (including phenoxy) is 3. The van der Waals surface area contributed by atoms with Crippen molar-refractivity contribution in [3.05, 3.63) is 58.2 Å². The minimum atomic E-state index is -0.688. The molecule has 0 atom stereocenters. The van der Waals surface area contributed by atoms with E-state index in [1.165, 1.54) is 12.0 Å². The van der Waals surface area contributed by atoms with Gasteiger partial charge in [-0.15, -0.1) is 0 Å². The van der Waals surface area contributed by atoms with Gasteiger partial charge in [-0.2, -0.15) is 5.26 Å². The Kier molecular flexibility index (Phi) is 9.98. The summed E-state index contributed by atoms with van der Waals surface area (Å²) in [5.74, 6) is 0.435. The molecule has 2 saturated heterocycles. The van der Waals surface area contributed by atoms with Gasteiger partial charge >= 0.3 is 12.2 Å². The first kappa shape index (κ1) is 38.6. The van der Waals surface area contributed by atoms with Crippen LogP contribution in [0.2, 0.25) is 5.02 Å². The monoisotopic (exact) mass is 757 g/mol. The van der Waals surface area contributed by atoms with E-state index in [0.29, 0.717) is 72.2 Å². The van der Waals surface area contributed by atoms with E-state index in [4.69, 9.17) is 30.8 Å². The SMILES string of the molecule is COc1cc(C(=O)N2CC3(CCN(C(=O)OC(C)(C)C)CC3)C2)c(Cl)cc1Nc1nccc(-c2cc(C#N)c3c(c2)C(C)(C)CN3C(=O)OC(C)(C)C)n1. The standard InChI is InChI=1S/C40H48ClN7O6/c1-37(2,3)53-35(50)46-14-11-40(12-15-46)22-47(23-40)33(49)26-18-31(52-9)30(19-28(26)41)45-34-43-13-10-29(44-34)24-16-25(20-42)32-27(17-24)39(7,8)21-48(32)36(51)54-38(4,5)6/h10,13,16-19H,11-12,14-15,21-23H2,1-9H3,(H,43,44,45). The summed E-state index contributed by atoms with van der Waals surface area (Å²) in [4.78, 5) is 53.6. The maximum atomic E-state index is 13.6. The van der Waals surface area contributed by atoms with E-state index in [1.54, 1.807) is 40.3 Å². The Balaban J connectivity index is 1.17. The van der Waals surface area contributed by atoms with Crippen LogP contribution in [-0.2, 0) is 14.9 Å². The molecule has 2 fully saturated rings. The molecular formula is C40H48ClN7O6. The molecule has 0 unspecified atom stereocenters. The van der Waals surface area contributed by atoms with E-state index in [2.05, 4.69) is 16.4 Å². The fraction of sp³-hybridized carbons (Fsp3) is 0.500. The third-order valence-electron chi connectivity index (χ3n) is 9.93. The highest BCUT2D eigenvalue weighted by atomic mass is 35.5. The van der Waals surface area contributed by atoms with E-state index >= 15 is 0 Å². The molecule has 6 rings (SSSR count). The number of hydrogen-bond acceptors (Lipinski definition) is 10. The van der Waals surface area contributed by atoms with Crippen molar-refractivity contribution < 1.29 is 28.6 Å².